The molecule has 0 unspecified atom stereocenters. The topological polar surface area (TPSA) is 82.7 Å². The summed E-state index contributed by atoms with van der Waals surface area (Å²) in [5.41, 5.74) is 3.35. The van der Waals surface area contributed by atoms with Crippen molar-refractivity contribution in [1.29, 1.82) is 0 Å². The predicted octanol–water partition coefficient (Wildman–Crippen LogP) is 3.55. The molecule has 0 saturated heterocycles. The zero-order chi connectivity index (χ0) is 16.5. The summed E-state index contributed by atoms with van der Waals surface area (Å²) >= 11 is 0. The second-order valence-electron chi connectivity index (χ2n) is 5.36. The Morgan fingerprint density at radius 1 is 0.833 bits per heavy atom. The molecule has 0 bridgehead atoms. The van der Waals surface area contributed by atoms with Crippen LogP contribution in [0.25, 0.3) is 16.8 Å². The molecule has 2 aromatic heterocycles. The third kappa shape index (κ3) is 2.61. The summed E-state index contributed by atoms with van der Waals surface area (Å²) in [6.45, 7) is 0. The zero-order valence-corrected chi connectivity index (χ0v) is 12.6. The van der Waals surface area contributed by atoms with E-state index in [1.165, 1.54) is 0 Å². The van der Waals surface area contributed by atoms with Gasteiger partial charge in [-0.3, -0.25) is 0 Å². The van der Waals surface area contributed by atoms with E-state index in [2.05, 4.69) is 15.4 Å². The summed E-state index contributed by atoms with van der Waals surface area (Å²) in [7, 11) is 0. The molecule has 6 heteroatoms. The molecule has 0 atom stereocenters. The largest absolute Gasteiger partial charge is 0.508 e. The lowest BCUT2D eigenvalue weighted by molar-refractivity contribution is 0.475. The standard InChI is InChI=1S/C18H14N4O2/c23-14-5-1-12(2-6-14)16-11-19-22-10-9-17(21-18(16)22)20-13-3-7-15(24)8-4-13/h1-11,23-24H,(H,20,21). The van der Waals surface area contributed by atoms with Crippen LogP contribution in [0.1, 0.15) is 0 Å². The van der Waals surface area contributed by atoms with Crippen LogP contribution in [0, 0.1) is 0 Å². The van der Waals surface area contributed by atoms with Crippen LogP contribution in [0.5, 0.6) is 11.5 Å². The minimum absolute atomic E-state index is 0.217. The van der Waals surface area contributed by atoms with E-state index in [1.54, 1.807) is 47.1 Å². The van der Waals surface area contributed by atoms with Crippen molar-refractivity contribution in [1.82, 2.24) is 14.6 Å². The Morgan fingerprint density at radius 2 is 1.50 bits per heavy atom. The molecule has 4 aromatic rings. The molecular formula is C18H14N4O2. The number of benzene rings is 2. The summed E-state index contributed by atoms with van der Waals surface area (Å²) in [5.74, 6) is 1.11. The third-order valence-corrected chi connectivity index (χ3v) is 3.69. The van der Waals surface area contributed by atoms with Crippen molar-refractivity contribution in [2.75, 3.05) is 5.32 Å². The van der Waals surface area contributed by atoms with Crippen LogP contribution in [-0.4, -0.2) is 24.8 Å². The molecular weight excluding hydrogens is 304 g/mol. The minimum atomic E-state index is 0.217. The van der Waals surface area contributed by atoms with Crippen molar-refractivity contribution in [3.8, 4) is 22.6 Å². The highest BCUT2D eigenvalue weighted by Crippen LogP contribution is 2.26. The van der Waals surface area contributed by atoms with Gasteiger partial charge < -0.3 is 15.5 Å². The van der Waals surface area contributed by atoms with Crippen LogP contribution in [0.15, 0.2) is 67.0 Å². The second-order valence-corrected chi connectivity index (χ2v) is 5.36. The maximum absolute atomic E-state index is 9.43. The highest BCUT2D eigenvalue weighted by atomic mass is 16.3. The Kier molecular flexibility index (Phi) is 3.28. The van der Waals surface area contributed by atoms with Gasteiger partial charge in [-0.15, -0.1) is 0 Å². The molecule has 2 heterocycles. The highest BCUT2D eigenvalue weighted by molar-refractivity contribution is 5.78. The molecule has 0 aliphatic heterocycles. The van der Waals surface area contributed by atoms with Gasteiger partial charge in [0.05, 0.1) is 6.20 Å². The maximum Gasteiger partial charge on any atom is 0.165 e. The van der Waals surface area contributed by atoms with Gasteiger partial charge in [-0.25, -0.2) is 9.50 Å². The normalized spacial score (nSPS) is 10.8. The second kappa shape index (κ2) is 5.58. The van der Waals surface area contributed by atoms with Crippen molar-refractivity contribution in [3.63, 3.8) is 0 Å². The lowest BCUT2D eigenvalue weighted by Crippen LogP contribution is -1.97. The number of phenols is 2. The van der Waals surface area contributed by atoms with Gasteiger partial charge >= 0.3 is 0 Å². The summed E-state index contributed by atoms with van der Waals surface area (Å²) in [5, 5.41) is 26.3. The Morgan fingerprint density at radius 3 is 2.21 bits per heavy atom. The Bertz CT molecular complexity index is 992. The van der Waals surface area contributed by atoms with Gasteiger partial charge in [0.2, 0.25) is 0 Å². The first-order valence-electron chi connectivity index (χ1n) is 7.39. The molecule has 0 amide bonds. The number of aromatic nitrogens is 3. The molecule has 2 aromatic carbocycles. The quantitative estimate of drug-likeness (QED) is 0.503. The number of aromatic hydroxyl groups is 2. The monoisotopic (exact) mass is 318 g/mol. The first-order valence-corrected chi connectivity index (χ1v) is 7.39. The first kappa shape index (κ1) is 14.1. The van der Waals surface area contributed by atoms with E-state index < -0.39 is 0 Å². The fourth-order valence-corrected chi connectivity index (χ4v) is 2.48. The first-order chi connectivity index (χ1) is 11.7. The number of hydrogen-bond acceptors (Lipinski definition) is 5. The van der Waals surface area contributed by atoms with Gasteiger partial charge in [0.25, 0.3) is 0 Å². The maximum atomic E-state index is 9.43. The Balaban J connectivity index is 1.72. The van der Waals surface area contributed by atoms with Gasteiger partial charge in [0.1, 0.15) is 17.3 Å². The van der Waals surface area contributed by atoms with Crippen molar-refractivity contribution in [2.45, 2.75) is 0 Å². The van der Waals surface area contributed by atoms with Crippen LogP contribution < -0.4 is 5.32 Å². The van der Waals surface area contributed by atoms with Crippen molar-refractivity contribution in [2.24, 2.45) is 0 Å². The summed E-state index contributed by atoms with van der Waals surface area (Å²) in [4.78, 5) is 4.62. The Labute approximate surface area is 137 Å². The van der Waals surface area contributed by atoms with Crippen LogP contribution >= 0.6 is 0 Å². The number of rotatable bonds is 3. The lowest BCUT2D eigenvalue weighted by atomic mass is 10.1. The number of nitrogens with one attached hydrogen (secondary N) is 1. The van der Waals surface area contributed by atoms with Crippen molar-refractivity contribution >= 4 is 17.2 Å². The number of hydrogen-bond donors (Lipinski definition) is 3. The van der Waals surface area contributed by atoms with E-state index in [1.807, 2.05) is 24.4 Å². The SMILES string of the molecule is Oc1ccc(Nc2ccn3ncc(-c4ccc(O)cc4)c3n2)cc1. The third-order valence-electron chi connectivity index (χ3n) is 3.69. The average Bonchev–Trinajstić information content (AvgIpc) is 3.01. The van der Waals surface area contributed by atoms with Crippen molar-refractivity contribution < 1.29 is 10.2 Å². The van der Waals surface area contributed by atoms with Gasteiger partial charge in [-0.05, 0) is 48.0 Å². The summed E-state index contributed by atoms with van der Waals surface area (Å²) in [6.07, 6.45) is 3.58. The summed E-state index contributed by atoms with van der Waals surface area (Å²) < 4.78 is 1.70. The molecule has 6 nitrogen and oxygen atoms in total. The average molecular weight is 318 g/mol. The zero-order valence-electron chi connectivity index (χ0n) is 12.6. The molecule has 0 fully saturated rings. The molecule has 0 aliphatic rings. The van der Waals surface area contributed by atoms with E-state index >= 15 is 0 Å². The van der Waals surface area contributed by atoms with Gasteiger partial charge in [0, 0.05) is 17.4 Å². The van der Waals surface area contributed by atoms with Crippen LogP contribution in [-0.2, 0) is 0 Å². The van der Waals surface area contributed by atoms with Gasteiger partial charge in [-0.2, -0.15) is 5.10 Å². The Hall–Kier alpha value is -3.54. The number of fused-ring (bicyclic) bond motifs is 1. The number of nitrogens with zero attached hydrogens (tertiary/aromatic N) is 3. The lowest BCUT2D eigenvalue weighted by Gasteiger charge is -2.06. The van der Waals surface area contributed by atoms with E-state index in [0.29, 0.717) is 11.5 Å². The van der Waals surface area contributed by atoms with Crippen LogP contribution in [0.4, 0.5) is 11.5 Å². The fraction of sp³-hybridized carbons (Fsp3) is 0. The predicted molar refractivity (Wildman–Crippen MR) is 91.5 cm³/mol. The van der Waals surface area contributed by atoms with E-state index in [9.17, 15) is 10.2 Å². The number of phenolic OH excluding ortho intramolecular Hbond substituents is 2. The molecule has 0 saturated carbocycles. The highest BCUT2D eigenvalue weighted by Gasteiger charge is 2.09. The molecule has 3 N–H and O–H groups in total. The smallest absolute Gasteiger partial charge is 0.165 e. The molecule has 4 rings (SSSR count). The molecule has 0 spiro atoms. The summed E-state index contributed by atoms with van der Waals surface area (Å²) in [6, 6.07) is 15.5. The minimum Gasteiger partial charge on any atom is -0.508 e. The molecule has 0 aliphatic carbocycles. The van der Waals surface area contributed by atoms with Gasteiger partial charge in [0.15, 0.2) is 5.65 Å². The van der Waals surface area contributed by atoms with Crippen molar-refractivity contribution in [3.05, 3.63) is 67.0 Å². The van der Waals surface area contributed by atoms with E-state index in [-0.39, 0.29) is 11.5 Å². The van der Waals surface area contributed by atoms with E-state index in [4.69, 9.17) is 0 Å². The fourth-order valence-electron chi connectivity index (χ4n) is 2.48. The van der Waals surface area contributed by atoms with Crippen LogP contribution in [0.2, 0.25) is 0 Å². The molecule has 118 valence electrons. The van der Waals surface area contributed by atoms with Crippen LogP contribution in [0.3, 0.4) is 0 Å². The number of anilines is 2. The molecule has 0 radical (unpaired) electrons. The van der Waals surface area contributed by atoms with E-state index in [0.717, 1.165) is 16.8 Å². The molecule has 24 heavy (non-hydrogen) atoms. The van der Waals surface area contributed by atoms with Gasteiger partial charge in [-0.1, -0.05) is 12.1 Å².